The summed E-state index contributed by atoms with van der Waals surface area (Å²) in [5, 5.41) is 1.10. The van der Waals surface area contributed by atoms with E-state index in [0.29, 0.717) is 5.71 Å². The Morgan fingerprint density at radius 3 is 2.79 bits per heavy atom. The lowest BCUT2D eigenvalue weighted by atomic mass is 9.54. The Labute approximate surface area is 142 Å². The molecule has 0 saturated heterocycles. The summed E-state index contributed by atoms with van der Waals surface area (Å²) in [4.78, 5) is 6.74. The summed E-state index contributed by atoms with van der Waals surface area (Å²) in [6, 6.07) is 6.32. The highest BCUT2D eigenvalue weighted by atomic mass is 16.3. The first kappa shape index (κ1) is 15.0. The number of fused-ring (bicyclic) bond motifs is 3. The molecule has 4 nitrogen and oxygen atoms in total. The third-order valence-electron chi connectivity index (χ3n) is 5.02. The molecule has 0 saturated carbocycles. The van der Waals surface area contributed by atoms with Crippen LogP contribution in [0.25, 0.3) is 17.2 Å². The van der Waals surface area contributed by atoms with E-state index >= 15 is 0 Å². The molecule has 3 aromatic rings. The first-order valence-corrected chi connectivity index (χ1v) is 8.29. The third-order valence-corrected chi connectivity index (χ3v) is 5.02. The normalized spacial score (nSPS) is 14.1. The number of furan rings is 1. The highest BCUT2D eigenvalue weighted by Gasteiger charge is 2.40. The Kier molecular flexibility index (Phi) is 3.27. The van der Waals surface area contributed by atoms with Gasteiger partial charge in [-0.15, -0.1) is 0 Å². The van der Waals surface area contributed by atoms with Crippen LogP contribution in [0.15, 0.2) is 40.7 Å². The Morgan fingerprint density at radius 1 is 1.21 bits per heavy atom. The van der Waals surface area contributed by atoms with Crippen LogP contribution in [-0.4, -0.2) is 11.8 Å². The standard InChI is InChI=1S/C19H21BN3O/c1-12-9-17(22(5)11-13(12)2)23-14(3)10-16-18(20(23)4)15-7-6-8-21-19(15)24-16/h6-11H,1-5H3/q+1. The molecule has 5 heteroatoms. The number of rotatable bonds is 1. The van der Waals surface area contributed by atoms with E-state index in [2.05, 4.69) is 73.4 Å². The van der Waals surface area contributed by atoms with Gasteiger partial charge in [-0.25, -0.2) is 9.55 Å². The summed E-state index contributed by atoms with van der Waals surface area (Å²) >= 11 is 0. The van der Waals surface area contributed by atoms with E-state index in [1.54, 1.807) is 6.20 Å². The van der Waals surface area contributed by atoms with Gasteiger partial charge in [-0.1, -0.05) is 0 Å². The first-order valence-electron chi connectivity index (χ1n) is 8.29. The molecule has 0 aromatic carbocycles. The Balaban J connectivity index is 1.92. The number of pyridine rings is 2. The Bertz CT molecular complexity index is 990. The summed E-state index contributed by atoms with van der Waals surface area (Å²) in [6.45, 7) is 8.86. The first-order chi connectivity index (χ1) is 11.5. The van der Waals surface area contributed by atoms with E-state index in [1.165, 1.54) is 28.1 Å². The number of hydrogen-bond acceptors (Lipinski definition) is 3. The number of anilines is 1. The number of aryl methyl sites for hydroxylation is 3. The zero-order valence-electron chi connectivity index (χ0n) is 14.8. The van der Waals surface area contributed by atoms with E-state index in [1.807, 2.05) is 6.07 Å². The second-order valence-electron chi connectivity index (χ2n) is 6.68. The lowest BCUT2D eigenvalue weighted by molar-refractivity contribution is -0.658. The van der Waals surface area contributed by atoms with Crippen molar-refractivity contribution >= 4 is 35.3 Å². The number of hydrogen-bond donors (Lipinski definition) is 0. The number of allylic oxidation sites excluding steroid dienone is 1. The molecule has 24 heavy (non-hydrogen) atoms. The van der Waals surface area contributed by atoms with E-state index in [-0.39, 0.29) is 6.85 Å². The van der Waals surface area contributed by atoms with Crippen molar-refractivity contribution in [1.29, 1.82) is 0 Å². The minimum Gasteiger partial charge on any atom is -0.439 e. The summed E-state index contributed by atoms with van der Waals surface area (Å²) in [5.74, 6) is 2.11. The smallest absolute Gasteiger partial charge is 0.413 e. The molecule has 1 aliphatic rings. The van der Waals surface area contributed by atoms with Crippen molar-refractivity contribution in [2.75, 3.05) is 4.81 Å². The van der Waals surface area contributed by atoms with Crippen molar-refractivity contribution in [1.82, 2.24) is 4.98 Å². The van der Waals surface area contributed by atoms with Crippen LogP contribution in [-0.2, 0) is 7.05 Å². The van der Waals surface area contributed by atoms with Crippen molar-refractivity contribution in [3.63, 3.8) is 0 Å². The van der Waals surface area contributed by atoms with Gasteiger partial charge in [0.1, 0.15) is 5.76 Å². The van der Waals surface area contributed by atoms with Crippen LogP contribution in [0.5, 0.6) is 0 Å². The van der Waals surface area contributed by atoms with Gasteiger partial charge in [-0.2, -0.15) is 0 Å². The third kappa shape index (κ3) is 2.08. The molecule has 0 radical (unpaired) electrons. The number of aromatic nitrogens is 2. The van der Waals surface area contributed by atoms with Crippen molar-refractivity contribution in [2.45, 2.75) is 27.6 Å². The summed E-state index contributed by atoms with van der Waals surface area (Å²) in [5.41, 5.74) is 5.69. The lowest BCUT2D eigenvalue weighted by Gasteiger charge is -2.27. The SMILES string of the molecule is CB1c2c(oc3ncccc23)C=C(C)N1c1cc(C)c(C)c[n+]1C. The quantitative estimate of drug-likeness (QED) is 0.511. The molecule has 0 aliphatic carbocycles. The largest absolute Gasteiger partial charge is 0.439 e. The maximum atomic E-state index is 5.97. The fourth-order valence-electron chi connectivity index (χ4n) is 3.69. The molecule has 0 unspecified atom stereocenters. The number of nitrogens with zero attached hydrogens (tertiary/aromatic N) is 3. The second kappa shape index (κ2) is 5.23. The van der Waals surface area contributed by atoms with Crippen LogP contribution in [0, 0.1) is 13.8 Å². The van der Waals surface area contributed by atoms with Gasteiger partial charge in [-0.05, 0) is 50.9 Å². The van der Waals surface area contributed by atoms with Gasteiger partial charge in [0, 0.05) is 29.2 Å². The van der Waals surface area contributed by atoms with Crippen molar-refractivity contribution in [2.24, 2.45) is 7.05 Å². The minimum absolute atomic E-state index is 0.184. The molecule has 0 amide bonds. The fraction of sp³-hybridized carbons (Fsp3) is 0.263. The van der Waals surface area contributed by atoms with Crippen LogP contribution in [0.2, 0.25) is 6.82 Å². The molecule has 0 fully saturated rings. The monoisotopic (exact) mass is 318 g/mol. The zero-order chi connectivity index (χ0) is 17.0. The highest BCUT2D eigenvalue weighted by molar-refractivity contribution is 6.79. The lowest BCUT2D eigenvalue weighted by Crippen LogP contribution is -2.52. The van der Waals surface area contributed by atoms with Gasteiger partial charge in [0.25, 0.3) is 5.82 Å². The second-order valence-corrected chi connectivity index (χ2v) is 6.68. The van der Waals surface area contributed by atoms with Crippen molar-refractivity contribution in [3.05, 3.63) is 53.2 Å². The van der Waals surface area contributed by atoms with Crippen molar-refractivity contribution < 1.29 is 8.98 Å². The Hall–Kier alpha value is -2.56. The highest BCUT2D eigenvalue weighted by Crippen LogP contribution is 2.28. The topological polar surface area (TPSA) is 33.2 Å². The average Bonchev–Trinajstić information content (AvgIpc) is 2.90. The predicted octanol–water partition coefficient (Wildman–Crippen LogP) is 2.98. The maximum absolute atomic E-state index is 5.97. The summed E-state index contributed by atoms with van der Waals surface area (Å²) in [7, 11) is 2.10. The molecular weight excluding hydrogens is 297 g/mol. The van der Waals surface area contributed by atoms with Crippen LogP contribution in [0.3, 0.4) is 0 Å². The van der Waals surface area contributed by atoms with Gasteiger partial charge >= 0.3 is 6.85 Å². The predicted molar refractivity (Wildman–Crippen MR) is 98.5 cm³/mol. The van der Waals surface area contributed by atoms with E-state index in [9.17, 15) is 0 Å². The molecule has 120 valence electrons. The summed E-state index contributed by atoms with van der Waals surface area (Å²) < 4.78 is 8.16. The van der Waals surface area contributed by atoms with Gasteiger partial charge in [0.05, 0.1) is 18.9 Å². The van der Waals surface area contributed by atoms with E-state index in [0.717, 1.165) is 11.1 Å². The molecular formula is C19H21BN3O+. The van der Waals surface area contributed by atoms with Crippen LogP contribution >= 0.6 is 0 Å². The van der Waals surface area contributed by atoms with Crippen LogP contribution < -0.4 is 14.8 Å². The van der Waals surface area contributed by atoms with Crippen molar-refractivity contribution in [3.8, 4) is 0 Å². The molecule has 0 bridgehead atoms. The molecule has 4 rings (SSSR count). The minimum atomic E-state index is 0.184. The maximum Gasteiger partial charge on any atom is 0.413 e. The van der Waals surface area contributed by atoms with Gasteiger partial charge in [0.15, 0.2) is 0 Å². The average molecular weight is 318 g/mol. The summed E-state index contributed by atoms with van der Waals surface area (Å²) in [6.07, 6.45) is 6.08. The molecule has 3 aromatic heterocycles. The molecule has 0 atom stereocenters. The molecule has 4 heterocycles. The van der Waals surface area contributed by atoms with Gasteiger partial charge in [0.2, 0.25) is 5.71 Å². The Morgan fingerprint density at radius 2 is 2.00 bits per heavy atom. The van der Waals surface area contributed by atoms with Crippen LogP contribution in [0.4, 0.5) is 5.82 Å². The van der Waals surface area contributed by atoms with Gasteiger partial charge in [-0.3, -0.25) is 4.81 Å². The fourth-order valence-corrected chi connectivity index (χ4v) is 3.69. The van der Waals surface area contributed by atoms with E-state index < -0.39 is 0 Å². The zero-order valence-corrected chi connectivity index (χ0v) is 14.8. The van der Waals surface area contributed by atoms with Crippen LogP contribution in [0.1, 0.15) is 23.8 Å². The van der Waals surface area contributed by atoms with E-state index in [4.69, 9.17) is 4.42 Å². The molecule has 0 spiro atoms. The van der Waals surface area contributed by atoms with Gasteiger partial charge < -0.3 is 4.42 Å². The molecule has 1 aliphatic heterocycles. The molecule has 0 N–H and O–H groups in total.